The largest absolute Gasteiger partial charge is 0.469 e. The molecule has 0 amide bonds. The van der Waals surface area contributed by atoms with Gasteiger partial charge in [0.2, 0.25) is 10.0 Å². The van der Waals surface area contributed by atoms with E-state index in [0.29, 0.717) is 25.9 Å². The van der Waals surface area contributed by atoms with E-state index < -0.39 is 10.0 Å². The third-order valence-corrected chi connectivity index (χ3v) is 5.27. The molecule has 0 atom stereocenters. The van der Waals surface area contributed by atoms with E-state index in [4.69, 9.17) is 5.73 Å². The number of esters is 1. The van der Waals surface area contributed by atoms with E-state index in [2.05, 4.69) is 9.72 Å². The Labute approximate surface area is 117 Å². The van der Waals surface area contributed by atoms with E-state index in [1.165, 1.54) is 29.7 Å². The molecular weight excluding hydrogens is 282 g/mol. The Hall–Kier alpha value is -1.67. The number of nitrogen functional groups attached to an aromatic ring is 1. The Morgan fingerprint density at radius 1 is 1.40 bits per heavy atom. The standard InChI is InChI=1S/C12H17N3O4S/c1-19-12(16)9-4-6-15(7-5-9)20(17,18)10-2-3-11(13)14-8-10/h2-3,8-9H,4-7H2,1H3,(H2,13,14). The molecule has 8 heteroatoms. The highest BCUT2D eigenvalue weighted by Gasteiger charge is 2.32. The first-order valence-electron chi connectivity index (χ1n) is 6.24. The molecule has 110 valence electrons. The molecule has 0 aromatic carbocycles. The van der Waals surface area contributed by atoms with Crippen LogP contribution in [-0.2, 0) is 19.6 Å². The van der Waals surface area contributed by atoms with E-state index in [1.807, 2.05) is 0 Å². The molecule has 1 aliphatic rings. The average molecular weight is 299 g/mol. The van der Waals surface area contributed by atoms with Gasteiger partial charge in [-0.1, -0.05) is 0 Å². The van der Waals surface area contributed by atoms with Gasteiger partial charge < -0.3 is 10.5 Å². The monoisotopic (exact) mass is 299 g/mol. The molecule has 2 heterocycles. The summed E-state index contributed by atoms with van der Waals surface area (Å²) in [5.41, 5.74) is 5.44. The van der Waals surface area contributed by atoms with Crippen LogP contribution in [0.1, 0.15) is 12.8 Å². The van der Waals surface area contributed by atoms with Gasteiger partial charge in [-0.3, -0.25) is 4.79 Å². The maximum Gasteiger partial charge on any atom is 0.308 e. The number of hydrogen-bond acceptors (Lipinski definition) is 6. The van der Waals surface area contributed by atoms with E-state index in [0.717, 1.165) is 0 Å². The molecule has 1 fully saturated rings. The molecule has 1 aromatic rings. The van der Waals surface area contributed by atoms with Crippen LogP contribution >= 0.6 is 0 Å². The fourth-order valence-corrected chi connectivity index (χ4v) is 3.61. The molecule has 1 aromatic heterocycles. The summed E-state index contributed by atoms with van der Waals surface area (Å²) < 4.78 is 30.8. The van der Waals surface area contributed by atoms with E-state index >= 15 is 0 Å². The van der Waals surface area contributed by atoms with Crippen LogP contribution in [0.4, 0.5) is 5.82 Å². The number of carbonyl (C=O) groups is 1. The molecule has 7 nitrogen and oxygen atoms in total. The SMILES string of the molecule is COC(=O)C1CCN(S(=O)(=O)c2ccc(N)nc2)CC1. The smallest absolute Gasteiger partial charge is 0.308 e. The summed E-state index contributed by atoms with van der Waals surface area (Å²) in [6.07, 6.45) is 2.18. The fraction of sp³-hybridized carbons (Fsp3) is 0.500. The van der Waals surface area contributed by atoms with Crippen molar-refractivity contribution in [2.75, 3.05) is 25.9 Å². The second kappa shape index (κ2) is 5.76. The van der Waals surface area contributed by atoms with Crippen molar-refractivity contribution in [1.29, 1.82) is 0 Å². The molecule has 1 saturated heterocycles. The van der Waals surface area contributed by atoms with Gasteiger partial charge in [-0.2, -0.15) is 4.31 Å². The van der Waals surface area contributed by atoms with Crippen LogP contribution in [0, 0.1) is 5.92 Å². The number of nitrogens with two attached hydrogens (primary N) is 1. The molecular formula is C12H17N3O4S. The number of sulfonamides is 1. The molecule has 0 bridgehead atoms. The first-order chi connectivity index (χ1) is 9.45. The van der Waals surface area contributed by atoms with Crippen LogP contribution in [0.15, 0.2) is 23.2 Å². The Morgan fingerprint density at radius 3 is 2.55 bits per heavy atom. The van der Waals surface area contributed by atoms with Crippen molar-refractivity contribution in [2.45, 2.75) is 17.7 Å². The zero-order chi connectivity index (χ0) is 14.8. The first-order valence-corrected chi connectivity index (χ1v) is 7.68. The van der Waals surface area contributed by atoms with Gasteiger partial charge in [-0.25, -0.2) is 13.4 Å². The number of piperidine rings is 1. The van der Waals surface area contributed by atoms with Gasteiger partial charge in [0.1, 0.15) is 10.7 Å². The van der Waals surface area contributed by atoms with Crippen molar-refractivity contribution in [2.24, 2.45) is 5.92 Å². The summed E-state index contributed by atoms with van der Waals surface area (Å²) in [7, 11) is -2.23. The summed E-state index contributed by atoms with van der Waals surface area (Å²) in [4.78, 5) is 15.3. The third-order valence-electron chi connectivity index (χ3n) is 3.39. The Morgan fingerprint density at radius 2 is 2.05 bits per heavy atom. The lowest BCUT2D eigenvalue weighted by molar-refractivity contribution is -0.146. The highest BCUT2D eigenvalue weighted by Crippen LogP contribution is 2.24. The topological polar surface area (TPSA) is 103 Å². The minimum atomic E-state index is -3.57. The van der Waals surface area contributed by atoms with E-state index in [-0.39, 0.29) is 22.6 Å². The van der Waals surface area contributed by atoms with Crippen molar-refractivity contribution in [1.82, 2.24) is 9.29 Å². The molecule has 20 heavy (non-hydrogen) atoms. The van der Waals surface area contributed by atoms with Gasteiger partial charge in [0.25, 0.3) is 0 Å². The summed E-state index contributed by atoms with van der Waals surface area (Å²) in [5, 5.41) is 0. The lowest BCUT2D eigenvalue weighted by atomic mass is 9.99. The summed E-state index contributed by atoms with van der Waals surface area (Å²) in [6, 6.07) is 2.89. The summed E-state index contributed by atoms with van der Waals surface area (Å²) in [6.45, 7) is 0.596. The lowest BCUT2D eigenvalue weighted by Crippen LogP contribution is -2.40. The maximum absolute atomic E-state index is 12.4. The second-order valence-corrected chi connectivity index (χ2v) is 6.56. The van der Waals surface area contributed by atoms with Crippen molar-refractivity contribution in [3.05, 3.63) is 18.3 Å². The molecule has 0 radical (unpaired) electrons. The molecule has 0 saturated carbocycles. The quantitative estimate of drug-likeness (QED) is 0.802. The fourth-order valence-electron chi connectivity index (χ4n) is 2.19. The third kappa shape index (κ3) is 2.91. The van der Waals surface area contributed by atoms with Crippen molar-refractivity contribution in [3.8, 4) is 0 Å². The van der Waals surface area contributed by atoms with Crippen LogP contribution < -0.4 is 5.73 Å². The zero-order valence-corrected chi connectivity index (χ0v) is 12.0. The molecule has 2 N–H and O–H groups in total. The van der Waals surface area contributed by atoms with Crippen LogP contribution in [-0.4, -0.2) is 43.9 Å². The molecule has 0 aliphatic carbocycles. The molecule has 1 aliphatic heterocycles. The van der Waals surface area contributed by atoms with Gasteiger partial charge in [-0.15, -0.1) is 0 Å². The van der Waals surface area contributed by atoms with Crippen molar-refractivity contribution < 1.29 is 17.9 Å². The number of methoxy groups -OCH3 is 1. The summed E-state index contributed by atoms with van der Waals surface area (Å²) in [5.74, 6) is -0.236. The van der Waals surface area contributed by atoms with Crippen LogP contribution in [0.3, 0.4) is 0 Å². The van der Waals surface area contributed by atoms with E-state index in [9.17, 15) is 13.2 Å². The minimum absolute atomic E-state index is 0.114. The number of anilines is 1. The van der Waals surface area contributed by atoms with Crippen LogP contribution in [0.25, 0.3) is 0 Å². The predicted octanol–water partition coefficient (Wildman–Crippen LogP) is 0.237. The first kappa shape index (κ1) is 14.7. The highest BCUT2D eigenvalue weighted by atomic mass is 32.2. The van der Waals surface area contributed by atoms with Gasteiger partial charge in [0.15, 0.2) is 0 Å². The number of pyridine rings is 1. The van der Waals surface area contributed by atoms with Gasteiger partial charge in [0.05, 0.1) is 13.0 Å². The Bertz CT molecular complexity index is 577. The number of aromatic nitrogens is 1. The van der Waals surface area contributed by atoms with Gasteiger partial charge in [0, 0.05) is 19.3 Å². The lowest BCUT2D eigenvalue weighted by Gasteiger charge is -2.29. The van der Waals surface area contributed by atoms with Crippen molar-refractivity contribution >= 4 is 21.8 Å². The number of nitrogens with zero attached hydrogens (tertiary/aromatic N) is 2. The number of carbonyl (C=O) groups excluding carboxylic acids is 1. The highest BCUT2D eigenvalue weighted by molar-refractivity contribution is 7.89. The molecule has 0 unspecified atom stereocenters. The Kier molecular flexibility index (Phi) is 4.24. The van der Waals surface area contributed by atoms with E-state index in [1.54, 1.807) is 0 Å². The second-order valence-electron chi connectivity index (χ2n) is 4.62. The van der Waals surface area contributed by atoms with Crippen LogP contribution in [0.2, 0.25) is 0 Å². The molecule has 0 spiro atoms. The molecule has 2 rings (SSSR count). The predicted molar refractivity (Wildman–Crippen MR) is 72.1 cm³/mol. The van der Waals surface area contributed by atoms with Gasteiger partial charge in [-0.05, 0) is 25.0 Å². The van der Waals surface area contributed by atoms with Crippen LogP contribution in [0.5, 0.6) is 0 Å². The average Bonchev–Trinajstić information content (AvgIpc) is 2.47. The zero-order valence-electron chi connectivity index (χ0n) is 11.2. The number of ether oxygens (including phenoxy) is 1. The summed E-state index contributed by atoms with van der Waals surface area (Å²) >= 11 is 0. The number of rotatable bonds is 3. The van der Waals surface area contributed by atoms with Crippen molar-refractivity contribution in [3.63, 3.8) is 0 Å². The number of hydrogen-bond donors (Lipinski definition) is 1. The van der Waals surface area contributed by atoms with Gasteiger partial charge >= 0.3 is 5.97 Å². The Balaban J connectivity index is 2.09. The minimum Gasteiger partial charge on any atom is -0.469 e. The maximum atomic E-state index is 12.4. The normalized spacial score (nSPS) is 17.9.